The van der Waals surface area contributed by atoms with Crippen LogP contribution in [0.15, 0.2) is 18.2 Å². The summed E-state index contributed by atoms with van der Waals surface area (Å²) < 4.78 is 37.6. The number of carbonyl (C=O) groups is 1. The number of amides is 1. The van der Waals surface area contributed by atoms with Gasteiger partial charge in [-0.05, 0) is 81.2 Å². The first-order chi connectivity index (χ1) is 22.1. The van der Waals surface area contributed by atoms with E-state index in [4.69, 9.17) is 27.1 Å². The Morgan fingerprint density at radius 2 is 1.91 bits per heavy atom. The molecule has 0 radical (unpaired) electrons. The van der Waals surface area contributed by atoms with Crippen LogP contribution in [-0.2, 0) is 11.2 Å². The quantitative estimate of drug-likeness (QED) is 0.347. The molecular weight excluding hydrogens is 616 g/mol. The van der Waals surface area contributed by atoms with Crippen molar-refractivity contribution in [2.45, 2.75) is 81.5 Å². The van der Waals surface area contributed by atoms with Crippen LogP contribution in [0, 0.1) is 5.82 Å². The Hall–Kier alpha value is -3.35. The minimum absolute atomic E-state index is 0.00496. The van der Waals surface area contributed by atoms with Gasteiger partial charge in [0.15, 0.2) is 5.82 Å². The number of nitrogens with zero attached hydrogens (tertiary/aromatic N) is 5. The van der Waals surface area contributed by atoms with E-state index in [-0.39, 0.29) is 47.1 Å². The second-order valence-electron chi connectivity index (χ2n) is 13.4. The van der Waals surface area contributed by atoms with Gasteiger partial charge in [-0.2, -0.15) is 9.97 Å². The van der Waals surface area contributed by atoms with Crippen molar-refractivity contribution in [3.63, 3.8) is 0 Å². The number of hydrogen-bond acceptors (Lipinski definition) is 9. The Bertz CT molecular complexity index is 1660. The van der Waals surface area contributed by atoms with Crippen LogP contribution < -0.4 is 20.7 Å². The summed E-state index contributed by atoms with van der Waals surface area (Å²) in [6.07, 6.45) is 4.89. The number of fused-ring (bicyclic) bond motifs is 9. The molecule has 0 spiro atoms. The molecule has 46 heavy (non-hydrogen) atoms. The molecule has 7 heterocycles. The topological polar surface area (TPSA) is 130 Å². The molecule has 13 heteroatoms. The number of nitrogens with two attached hydrogens (primary N) is 1. The summed E-state index contributed by atoms with van der Waals surface area (Å²) in [7, 11) is 0. The molecule has 1 aromatic carbocycles. The van der Waals surface area contributed by atoms with Crippen LogP contribution in [0.1, 0.15) is 63.4 Å². The standard InChI is InChI=1S/C33H40ClF2N7O3/c34-29-22-5-1-2-6-26(44)38-12-11-33(45)10-4-13-42(18-33)30-23-8-7-21(24(22)15-25(37)39-29)27(36)28(23)40-31(41-30)46-19-32-9-3-14-43(32)17-20(35)16-32/h7-8,15,20,45H,1-6,9-14,16-19H2,(H2,37,39)(H,38,44). The predicted molar refractivity (Wildman–Crippen MR) is 172 cm³/mol. The van der Waals surface area contributed by atoms with Gasteiger partial charge in [-0.25, -0.2) is 13.8 Å². The highest BCUT2D eigenvalue weighted by molar-refractivity contribution is 6.30. The van der Waals surface area contributed by atoms with Crippen molar-refractivity contribution >= 4 is 40.0 Å². The molecule has 246 valence electrons. The summed E-state index contributed by atoms with van der Waals surface area (Å²) in [6, 6.07) is 5.09. The average Bonchev–Trinajstić information content (AvgIpc) is 3.54. The smallest absolute Gasteiger partial charge is 0.319 e. The minimum atomic E-state index is -1.07. The van der Waals surface area contributed by atoms with Gasteiger partial charge in [-0.3, -0.25) is 9.69 Å². The van der Waals surface area contributed by atoms with Crippen molar-refractivity contribution in [1.82, 2.24) is 25.2 Å². The third-order valence-corrected chi connectivity index (χ3v) is 10.5. The fourth-order valence-electron chi connectivity index (χ4n) is 7.93. The van der Waals surface area contributed by atoms with Gasteiger partial charge in [0.05, 0.1) is 11.1 Å². The molecule has 0 saturated carbocycles. The zero-order chi connectivity index (χ0) is 32.1. The van der Waals surface area contributed by atoms with Gasteiger partial charge in [0.25, 0.3) is 0 Å². The first-order valence-corrected chi connectivity index (χ1v) is 16.7. The molecule has 4 N–H and O–H groups in total. The number of ether oxygens (including phenoxy) is 1. The van der Waals surface area contributed by atoms with Gasteiger partial charge in [0, 0.05) is 50.0 Å². The first-order valence-electron chi connectivity index (χ1n) is 16.3. The van der Waals surface area contributed by atoms with Crippen LogP contribution in [-0.4, -0.2) is 87.5 Å². The van der Waals surface area contributed by atoms with E-state index >= 15 is 4.39 Å². The highest BCUT2D eigenvalue weighted by Gasteiger charge is 2.49. The molecule has 5 aliphatic heterocycles. The monoisotopic (exact) mass is 655 g/mol. The van der Waals surface area contributed by atoms with E-state index in [2.05, 4.69) is 20.2 Å². The van der Waals surface area contributed by atoms with E-state index in [0.29, 0.717) is 93.3 Å². The van der Waals surface area contributed by atoms with E-state index < -0.39 is 23.1 Å². The van der Waals surface area contributed by atoms with Crippen LogP contribution >= 0.6 is 11.6 Å². The number of rotatable bonds is 3. The van der Waals surface area contributed by atoms with Crippen molar-refractivity contribution in [3.05, 3.63) is 34.7 Å². The lowest BCUT2D eigenvalue weighted by atomic mass is 9.89. The molecule has 1 amide bonds. The van der Waals surface area contributed by atoms with Crippen molar-refractivity contribution in [2.24, 2.45) is 0 Å². The number of aliphatic hydroxyl groups is 1. The van der Waals surface area contributed by atoms with E-state index in [1.165, 1.54) is 0 Å². The van der Waals surface area contributed by atoms with E-state index in [0.717, 1.165) is 19.4 Å². The minimum Gasteiger partial charge on any atom is -0.461 e. The molecule has 3 atom stereocenters. The van der Waals surface area contributed by atoms with E-state index in [9.17, 15) is 14.3 Å². The molecule has 3 aromatic rings. The molecule has 8 rings (SSSR count). The first kappa shape index (κ1) is 31.3. The summed E-state index contributed by atoms with van der Waals surface area (Å²) in [5, 5.41) is 15.2. The third kappa shape index (κ3) is 5.95. The number of pyridine rings is 1. The van der Waals surface area contributed by atoms with Gasteiger partial charge in [-0.15, -0.1) is 0 Å². The zero-order valence-electron chi connectivity index (χ0n) is 25.8. The lowest BCUT2D eigenvalue weighted by Crippen LogP contribution is -2.50. The number of aromatic nitrogens is 3. The number of alkyl halides is 1. The number of halogens is 3. The van der Waals surface area contributed by atoms with Gasteiger partial charge < -0.3 is 25.8 Å². The van der Waals surface area contributed by atoms with E-state index in [1.54, 1.807) is 18.2 Å². The molecule has 3 saturated heterocycles. The molecule has 3 unspecified atom stereocenters. The number of piperidine rings is 1. The van der Waals surface area contributed by atoms with Crippen molar-refractivity contribution in [3.8, 4) is 17.1 Å². The van der Waals surface area contributed by atoms with E-state index in [1.807, 2.05) is 4.90 Å². The maximum atomic E-state index is 16.8. The lowest BCUT2D eigenvalue weighted by molar-refractivity contribution is -0.121. The van der Waals surface area contributed by atoms with Crippen LogP contribution in [0.3, 0.4) is 0 Å². The van der Waals surface area contributed by atoms with Gasteiger partial charge in [0.1, 0.15) is 35.1 Å². The van der Waals surface area contributed by atoms with Crippen molar-refractivity contribution in [1.29, 1.82) is 0 Å². The van der Waals surface area contributed by atoms with Crippen molar-refractivity contribution < 1.29 is 23.4 Å². The highest BCUT2D eigenvalue weighted by Crippen LogP contribution is 2.42. The Kier molecular flexibility index (Phi) is 8.39. The van der Waals surface area contributed by atoms with Gasteiger partial charge in [0.2, 0.25) is 5.91 Å². The Labute approximate surface area is 271 Å². The number of nitrogen functional groups attached to an aromatic ring is 1. The fraction of sp³-hybridized carbons (Fsp3) is 0.576. The number of nitrogens with one attached hydrogen (secondary N) is 1. The second-order valence-corrected chi connectivity index (χ2v) is 13.8. The molecular formula is C33H40ClF2N7O3. The van der Waals surface area contributed by atoms with Gasteiger partial charge >= 0.3 is 6.01 Å². The Balaban J connectivity index is 1.35. The van der Waals surface area contributed by atoms with Crippen molar-refractivity contribution in [2.75, 3.05) is 50.0 Å². The summed E-state index contributed by atoms with van der Waals surface area (Å²) in [6.45, 7) is 2.58. The maximum Gasteiger partial charge on any atom is 0.319 e. The summed E-state index contributed by atoms with van der Waals surface area (Å²) in [5.74, 6) is -0.0438. The molecule has 6 bridgehead atoms. The largest absolute Gasteiger partial charge is 0.461 e. The van der Waals surface area contributed by atoms with Crippen LogP contribution in [0.2, 0.25) is 5.15 Å². The molecule has 3 fully saturated rings. The van der Waals surface area contributed by atoms with Crippen LogP contribution in [0.25, 0.3) is 22.0 Å². The van der Waals surface area contributed by atoms with Gasteiger partial charge in [-0.1, -0.05) is 17.7 Å². The summed E-state index contributed by atoms with van der Waals surface area (Å²) in [4.78, 5) is 30.3. The summed E-state index contributed by atoms with van der Waals surface area (Å²) >= 11 is 6.57. The number of carbonyl (C=O) groups excluding carboxylic acids is 1. The zero-order valence-corrected chi connectivity index (χ0v) is 26.6. The SMILES string of the molecule is Nc1cc2c(c(Cl)n1)CCCCC(=O)NCCC1(O)CCCN(C1)c1nc(OCC34CCCN3CC(F)C4)nc3c(F)c-2ccc13. The second kappa shape index (κ2) is 12.4. The fourth-order valence-corrected chi connectivity index (χ4v) is 8.23. The summed E-state index contributed by atoms with van der Waals surface area (Å²) in [5.41, 5.74) is 6.08. The Morgan fingerprint density at radius 3 is 2.78 bits per heavy atom. The lowest BCUT2D eigenvalue weighted by Gasteiger charge is -2.40. The Morgan fingerprint density at radius 1 is 1.09 bits per heavy atom. The number of benzene rings is 1. The molecule has 5 aliphatic rings. The number of hydrogen-bond donors (Lipinski definition) is 3. The average molecular weight is 656 g/mol. The van der Waals surface area contributed by atoms with Crippen LogP contribution in [0.4, 0.5) is 20.4 Å². The molecule has 0 aliphatic carbocycles. The molecule has 10 nitrogen and oxygen atoms in total. The normalized spacial score (nSPS) is 27.3. The number of anilines is 2. The van der Waals surface area contributed by atoms with Crippen LogP contribution in [0.5, 0.6) is 6.01 Å². The maximum absolute atomic E-state index is 16.8. The molecule has 2 aromatic heterocycles. The highest BCUT2D eigenvalue weighted by atomic mass is 35.5. The third-order valence-electron chi connectivity index (χ3n) is 10.2. The predicted octanol–water partition coefficient (Wildman–Crippen LogP) is 4.59.